The summed E-state index contributed by atoms with van der Waals surface area (Å²) in [6.07, 6.45) is 2.57. The van der Waals surface area contributed by atoms with E-state index in [-0.39, 0.29) is 11.8 Å². The first-order valence-electron chi connectivity index (χ1n) is 13.0. The maximum atomic E-state index is 12.9. The van der Waals surface area contributed by atoms with E-state index in [4.69, 9.17) is 9.84 Å². The van der Waals surface area contributed by atoms with Crippen molar-refractivity contribution in [3.8, 4) is 11.4 Å². The van der Waals surface area contributed by atoms with Gasteiger partial charge in [-0.15, -0.1) is 5.10 Å². The van der Waals surface area contributed by atoms with Crippen molar-refractivity contribution in [1.29, 1.82) is 0 Å². The number of methoxy groups -OCH3 is 1. The number of carbonyl (C=O) groups is 1. The zero-order valence-electron chi connectivity index (χ0n) is 22.0. The van der Waals surface area contributed by atoms with Gasteiger partial charge in [-0.2, -0.15) is 10.2 Å². The number of aromatic nitrogens is 4. The molecule has 8 nitrogen and oxygen atoms in total. The molecule has 0 radical (unpaired) electrons. The van der Waals surface area contributed by atoms with Gasteiger partial charge in [0.2, 0.25) is 5.91 Å². The minimum atomic E-state index is -0.00124. The van der Waals surface area contributed by atoms with E-state index in [1.54, 1.807) is 7.11 Å². The number of ether oxygens (including phenoxy) is 1. The molecule has 4 aromatic rings. The summed E-state index contributed by atoms with van der Waals surface area (Å²) in [5.41, 5.74) is 6.12. The Morgan fingerprint density at radius 2 is 1.68 bits per heavy atom. The molecule has 1 aliphatic heterocycles. The summed E-state index contributed by atoms with van der Waals surface area (Å²) in [6.45, 7) is 8.22. The van der Waals surface area contributed by atoms with Crippen LogP contribution in [0.4, 0.5) is 5.82 Å². The number of carbonyl (C=O) groups excluding carboxylic acids is 1. The number of benzene rings is 2. The van der Waals surface area contributed by atoms with Gasteiger partial charge in [0.1, 0.15) is 11.3 Å². The predicted molar refractivity (Wildman–Crippen MR) is 145 cm³/mol. The van der Waals surface area contributed by atoms with Gasteiger partial charge in [-0.1, -0.05) is 31.2 Å². The van der Waals surface area contributed by atoms with Crippen molar-refractivity contribution in [3.05, 3.63) is 71.0 Å². The van der Waals surface area contributed by atoms with Crippen molar-refractivity contribution in [2.24, 2.45) is 5.92 Å². The van der Waals surface area contributed by atoms with E-state index >= 15 is 0 Å². The Balaban J connectivity index is 1.29. The lowest BCUT2D eigenvalue weighted by Crippen LogP contribution is -2.40. The Morgan fingerprint density at radius 1 is 1.00 bits per heavy atom. The number of piperidine rings is 1. The van der Waals surface area contributed by atoms with Crippen LogP contribution in [0.2, 0.25) is 0 Å². The maximum absolute atomic E-state index is 12.9. The maximum Gasteiger partial charge on any atom is 0.223 e. The van der Waals surface area contributed by atoms with E-state index in [9.17, 15) is 4.79 Å². The highest BCUT2D eigenvalue weighted by atomic mass is 16.5. The first-order valence-corrected chi connectivity index (χ1v) is 13.0. The van der Waals surface area contributed by atoms with Crippen LogP contribution in [0.1, 0.15) is 42.3 Å². The van der Waals surface area contributed by atoms with Gasteiger partial charge in [0, 0.05) is 25.6 Å². The molecule has 8 heteroatoms. The first kappa shape index (κ1) is 24.7. The van der Waals surface area contributed by atoms with Gasteiger partial charge in [-0.3, -0.25) is 4.79 Å². The van der Waals surface area contributed by atoms with E-state index in [0.717, 1.165) is 77.5 Å². The molecule has 3 heterocycles. The third-order valence-corrected chi connectivity index (χ3v) is 7.36. The molecule has 37 heavy (non-hydrogen) atoms. The monoisotopic (exact) mass is 498 g/mol. The Kier molecular flexibility index (Phi) is 7.08. The molecule has 1 saturated heterocycles. The third kappa shape index (κ3) is 5.01. The van der Waals surface area contributed by atoms with Gasteiger partial charge >= 0.3 is 0 Å². The fourth-order valence-corrected chi connectivity index (χ4v) is 5.08. The number of nitrogens with one attached hydrogen (secondary N) is 1. The Labute approximate surface area is 217 Å². The highest BCUT2D eigenvalue weighted by Crippen LogP contribution is 2.32. The van der Waals surface area contributed by atoms with Crippen LogP contribution in [-0.2, 0) is 17.8 Å². The summed E-state index contributed by atoms with van der Waals surface area (Å²) in [5.74, 6) is 1.71. The molecule has 2 aromatic carbocycles. The fourth-order valence-electron chi connectivity index (χ4n) is 5.08. The van der Waals surface area contributed by atoms with E-state index in [1.165, 1.54) is 5.56 Å². The van der Waals surface area contributed by atoms with Gasteiger partial charge < -0.3 is 15.0 Å². The van der Waals surface area contributed by atoms with Crippen LogP contribution in [0, 0.1) is 19.8 Å². The van der Waals surface area contributed by atoms with Crippen molar-refractivity contribution in [2.75, 3.05) is 25.1 Å². The van der Waals surface area contributed by atoms with Gasteiger partial charge in [0.05, 0.1) is 29.6 Å². The summed E-state index contributed by atoms with van der Waals surface area (Å²) < 4.78 is 7.24. The largest absolute Gasteiger partial charge is 0.497 e. The van der Waals surface area contributed by atoms with Crippen molar-refractivity contribution >= 4 is 22.6 Å². The van der Waals surface area contributed by atoms with Crippen LogP contribution in [-0.4, -0.2) is 46.1 Å². The molecule has 192 valence electrons. The number of nitrogens with zero attached hydrogens (tertiary/aromatic N) is 5. The van der Waals surface area contributed by atoms with E-state index < -0.39 is 0 Å². The minimum absolute atomic E-state index is 0.00124. The van der Waals surface area contributed by atoms with E-state index in [1.807, 2.05) is 35.9 Å². The molecule has 0 atom stereocenters. The van der Waals surface area contributed by atoms with Crippen molar-refractivity contribution in [1.82, 2.24) is 25.3 Å². The Morgan fingerprint density at radius 3 is 2.32 bits per heavy atom. The number of amides is 1. The molecule has 0 aliphatic carbocycles. The summed E-state index contributed by atoms with van der Waals surface area (Å²) >= 11 is 0. The summed E-state index contributed by atoms with van der Waals surface area (Å²) in [7, 11) is 1.66. The normalized spacial score (nSPS) is 14.2. The summed E-state index contributed by atoms with van der Waals surface area (Å²) in [4.78, 5) is 15.1. The van der Waals surface area contributed by atoms with Crippen LogP contribution in [0.15, 0.2) is 48.5 Å². The topological polar surface area (TPSA) is 85.2 Å². The number of rotatable bonds is 7. The van der Waals surface area contributed by atoms with E-state index in [2.05, 4.69) is 58.5 Å². The lowest BCUT2D eigenvalue weighted by Gasteiger charge is -2.32. The van der Waals surface area contributed by atoms with Crippen LogP contribution >= 0.6 is 0 Å². The number of hydrogen-bond acceptors (Lipinski definition) is 6. The lowest BCUT2D eigenvalue weighted by molar-refractivity contribution is -0.125. The Bertz CT molecular complexity index is 1390. The average molecular weight is 499 g/mol. The third-order valence-electron chi connectivity index (χ3n) is 7.36. The van der Waals surface area contributed by atoms with Crippen molar-refractivity contribution in [2.45, 2.75) is 46.6 Å². The highest BCUT2D eigenvalue weighted by Gasteiger charge is 2.28. The highest BCUT2D eigenvalue weighted by molar-refractivity contribution is 5.92. The molecule has 1 amide bonds. The SMILES string of the molecule is CCc1ccc(CNC(=O)C2CCN(c3nnc(C)c4c(C)n(-c5ccc(OC)cc5)nc34)CC2)cc1. The smallest absolute Gasteiger partial charge is 0.223 e. The van der Waals surface area contributed by atoms with Crippen LogP contribution in [0.5, 0.6) is 5.75 Å². The number of hydrogen-bond donors (Lipinski definition) is 1. The molecule has 0 spiro atoms. The van der Waals surface area contributed by atoms with Gasteiger partial charge in [0.15, 0.2) is 5.82 Å². The quantitative estimate of drug-likeness (QED) is 0.403. The number of aryl methyl sites for hydroxylation is 3. The Hall–Kier alpha value is -3.94. The number of fused-ring (bicyclic) bond motifs is 1. The van der Waals surface area contributed by atoms with Gasteiger partial charge in [-0.25, -0.2) is 4.68 Å². The predicted octanol–water partition coefficient (Wildman–Crippen LogP) is 4.54. The van der Waals surface area contributed by atoms with Gasteiger partial charge in [0.25, 0.3) is 0 Å². The second-order valence-corrected chi connectivity index (χ2v) is 9.68. The summed E-state index contributed by atoms with van der Waals surface area (Å²) in [5, 5.41) is 18.1. The zero-order valence-corrected chi connectivity index (χ0v) is 22.0. The fraction of sp³-hybridized carbons (Fsp3) is 0.379. The minimum Gasteiger partial charge on any atom is -0.497 e. The molecule has 2 aromatic heterocycles. The second kappa shape index (κ2) is 10.6. The molecule has 1 aliphatic rings. The molecule has 1 N–H and O–H groups in total. The molecular weight excluding hydrogens is 464 g/mol. The molecule has 0 unspecified atom stereocenters. The van der Waals surface area contributed by atoms with Crippen molar-refractivity contribution < 1.29 is 9.53 Å². The standard InChI is InChI=1S/C29H34N6O2/c1-5-21-6-8-22(9-7-21)18-30-29(36)23-14-16-34(17-15-23)28-27-26(19(2)31-32-28)20(3)35(33-27)24-10-12-25(37-4)13-11-24/h6-13,23H,5,14-18H2,1-4H3,(H,30,36). The molecule has 5 rings (SSSR count). The molecular formula is C29H34N6O2. The molecule has 0 bridgehead atoms. The van der Waals surface area contributed by atoms with Crippen molar-refractivity contribution in [3.63, 3.8) is 0 Å². The van der Waals surface area contributed by atoms with Crippen LogP contribution < -0.4 is 15.0 Å². The summed E-state index contributed by atoms with van der Waals surface area (Å²) in [6, 6.07) is 16.3. The van der Waals surface area contributed by atoms with Crippen LogP contribution in [0.25, 0.3) is 16.6 Å². The zero-order chi connectivity index (χ0) is 25.9. The van der Waals surface area contributed by atoms with Gasteiger partial charge in [-0.05, 0) is 68.5 Å². The average Bonchev–Trinajstić information content (AvgIpc) is 3.30. The second-order valence-electron chi connectivity index (χ2n) is 9.68. The first-order chi connectivity index (χ1) is 18.0. The molecule has 0 saturated carbocycles. The lowest BCUT2D eigenvalue weighted by atomic mass is 9.95. The van der Waals surface area contributed by atoms with Crippen LogP contribution in [0.3, 0.4) is 0 Å². The number of anilines is 1. The van der Waals surface area contributed by atoms with E-state index in [0.29, 0.717) is 6.54 Å². The molecule has 1 fully saturated rings.